The quantitative estimate of drug-likeness (QED) is 0.792. The molecule has 76 valence electrons. The number of carboxylic acid groups (broad SMARTS) is 1. The average molecular weight is 220 g/mol. The van der Waals surface area contributed by atoms with Gasteiger partial charge in [-0.05, 0) is 19.1 Å². The molecule has 1 aromatic carbocycles. The minimum atomic E-state index is -0.878. The van der Waals surface area contributed by atoms with Crippen LogP contribution in [0.3, 0.4) is 0 Å². The molecule has 2 rings (SSSR count). The van der Waals surface area contributed by atoms with Crippen LogP contribution >= 0.6 is 10.5 Å². The topological polar surface area (TPSA) is 50.2 Å². The van der Waals surface area contributed by atoms with Crippen LogP contribution < -0.4 is 0 Å². The molecule has 0 bridgehead atoms. The summed E-state index contributed by atoms with van der Waals surface area (Å²) in [6.07, 6.45) is 0. The Morgan fingerprint density at radius 3 is 2.60 bits per heavy atom. The van der Waals surface area contributed by atoms with E-state index in [0.29, 0.717) is 10.6 Å². The second-order valence-electron chi connectivity index (χ2n) is 3.11. The molecule has 1 atom stereocenters. The minimum absolute atomic E-state index is 0.404. The van der Waals surface area contributed by atoms with Gasteiger partial charge in [-0.3, -0.25) is 0 Å². The van der Waals surface area contributed by atoms with Crippen LogP contribution in [0.15, 0.2) is 35.8 Å². The van der Waals surface area contributed by atoms with Crippen molar-refractivity contribution in [2.45, 2.75) is 6.92 Å². The number of carboxylic acids is 1. The number of rotatable bonds is 2. The fourth-order valence-electron chi connectivity index (χ4n) is 1.40. The summed E-state index contributed by atoms with van der Waals surface area (Å²) in [6, 6.07) is 9.58. The number of hydrogen-bond acceptors (Lipinski definition) is 2. The lowest BCUT2D eigenvalue weighted by atomic mass is 10.4. The Morgan fingerprint density at radius 2 is 2.00 bits per heavy atom. The van der Waals surface area contributed by atoms with Crippen molar-refractivity contribution in [2.24, 2.45) is 0 Å². The Bertz CT molecular complexity index is 491. The van der Waals surface area contributed by atoms with Gasteiger partial charge >= 0.3 is 5.97 Å². The first-order valence-electron chi connectivity index (χ1n) is 4.46. The molecule has 1 aromatic heterocycles. The number of aromatic carboxylic acids is 1. The van der Waals surface area contributed by atoms with Gasteiger partial charge in [-0.25, -0.2) is 9.78 Å². The van der Waals surface area contributed by atoms with Crippen molar-refractivity contribution in [3.63, 3.8) is 0 Å². The lowest BCUT2D eigenvalue weighted by Gasteiger charge is -1.90. The summed E-state index contributed by atoms with van der Waals surface area (Å²) in [6.45, 7) is 1.73. The summed E-state index contributed by atoms with van der Waals surface area (Å²) < 4.78 is 0. The number of benzene rings is 1. The predicted octanol–water partition coefficient (Wildman–Crippen LogP) is 2.83. The first-order valence-corrected chi connectivity index (χ1v) is 5.75. The molecule has 4 heteroatoms. The molecule has 0 aliphatic rings. The van der Waals surface area contributed by atoms with E-state index in [-0.39, 0.29) is 0 Å². The number of carbonyl (C=O) groups is 1. The van der Waals surface area contributed by atoms with Gasteiger partial charge in [-0.15, -0.1) is 0 Å². The van der Waals surface area contributed by atoms with Gasteiger partial charge in [-0.1, -0.05) is 18.2 Å². The van der Waals surface area contributed by atoms with Crippen molar-refractivity contribution in [3.8, 4) is 4.90 Å². The lowest BCUT2D eigenvalue weighted by molar-refractivity contribution is 0.0701. The third-order valence-corrected chi connectivity index (χ3v) is 4.10. The zero-order chi connectivity index (χ0) is 10.8. The zero-order valence-corrected chi connectivity index (χ0v) is 8.99. The summed E-state index contributed by atoms with van der Waals surface area (Å²) in [5.41, 5.74) is 2.32. The number of aromatic nitrogens is 1. The number of nitrogens with zero attached hydrogens (tertiary/aromatic N) is 1. The van der Waals surface area contributed by atoms with E-state index in [1.54, 1.807) is 12.4 Å². The van der Waals surface area contributed by atoms with Gasteiger partial charge in [0.05, 0.1) is 10.5 Å². The first-order chi connectivity index (χ1) is 7.20. The number of thiazole rings is 1. The number of aryl methyl sites for hydroxylation is 1. The van der Waals surface area contributed by atoms with Crippen LogP contribution in [-0.2, 0) is 0 Å². The molecule has 1 heterocycles. The molecule has 0 radical (unpaired) electrons. The second kappa shape index (κ2) is 3.82. The van der Waals surface area contributed by atoms with Gasteiger partial charge < -0.3 is 5.11 Å². The van der Waals surface area contributed by atoms with Crippen LogP contribution in [-0.4, -0.2) is 16.1 Å². The second-order valence-corrected chi connectivity index (χ2v) is 4.87. The van der Waals surface area contributed by atoms with E-state index in [1.807, 2.05) is 30.3 Å². The van der Waals surface area contributed by atoms with Gasteiger partial charge in [0.2, 0.25) is 5.51 Å². The minimum Gasteiger partial charge on any atom is -0.474 e. The molecular weight excluding hydrogens is 210 g/mol. The largest absolute Gasteiger partial charge is 0.474 e. The molecule has 2 aromatic rings. The standard InChI is InChI=1S/C11H9NO2S/c1-8-10(11(13)14)15(7-12-8)9-5-3-2-4-6-9/h2-7H,1H3/p+1. The lowest BCUT2D eigenvalue weighted by Crippen LogP contribution is -1.96. The SMILES string of the molecule is Cc1nc[s+](-c2ccccc2)c1C(=O)O. The van der Waals surface area contributed by atoms with Crippen molar-refractivity contribution in [3.05, 3.63) is 46.4 Å². The third kappa shape index (κ3) is 1.76. The highest BCUT2D eigenvalue weighted by Crippen LogP contribution is 2.35. The van der Waals surface area contributed by atoms with Crippen molar-refractivity contribution >= 4 is 16.4 Å². The maximum absolute atomic E-state index is 11.1. The molecule has 0 spiro atoms. The van der Waals surface area contributed by atoms with E-state index in [1.165, 1.54) is 0 Å². The van der Waals surface area contributed by atoms with Crippen molar-refractivity contribution < 1.29 is 9.90 Å². The fourth-order valence-corrected chi connectivity index (χ4v) is 3.13. The molecule has 0 fully saturated rings. The Balaban J connectivity index is 2.59. The van der Waals surface area contributed by atoms with Crippen LogP contribution in [0.25, 0.3) is 4.90 Å². The molecule has 1 unspecified atom stereocenters. The van der Waals surface area contributed by atoms with Gasteiger partial charge in [0.25, 0.3) is 4.88 Å². The van der Waals surface area contributed by atoms with E-state index < -0.39 is 16.4 Å². The van der Waals surface area contributed by atoms with Crippen LogP contribution in [0.5, 0.6) is 0 Å². The molecule has 3 nitrogen and oxygen atoms in total. The van der Waals surface area contributed by atoms with Crippen molar-refractivity contribution in [1.82, 2.24) is 4.98 Å². The van der Waals surface area contributed by atoms with E-state index in [9.17, 15) is 4.79 Å². The Kier molecular flexibility index (Phi) is 2.51. The zero-order valence-electron chi connectivity index (χ0n) is 8.18. The van der Waals surface area contributed by atoms with Crippen molar-refractivity contribution in [2.75, 3.05) is 0 Å². The highest BCUT2D eigenvalue weighted by atomic mass is 32.2. The van der Waals surface area contributed by atoms with Crippen LogP contribution in [0.4, 0.5) is 0 Å². The van der Waals surface area contributed by atoms with Gasteiger partial charge in [0, 0.05) is 0 Å². The number of hydrogen-bond donors (Lipinski definition) is 1. The molecule has 1 N–H and O–H groups in total. The van der Waals surface area contributed by atoms with Crippen LogP contribution in [0, 0.1) is 6.92 Å². The molecule has 0 amide bonds. The average Bonchev–Trinajstić information content (AvgIpc) is 2.61. The summed E-state index contributed by atoms with van der Waals surface area (Å²) in [4.78, 5) is 16.5. The summed E-state index contributed by atoms with van der Waals surface area (Å²) >= 11 is 0. The van der Waals surface area contributed by atoms with E-state index in [4.69, 9.17) is 5.11 Å². The highest BCUT2D eigenvalue weighted by Gasteiger charge is 2.27. The highest BCUT2D eigenvalue weighted by molar-refractivity contribution is 7.39. The molecule has 0 aliphatic carbocycles. The molecule has 0 aliphatic heterocycles. The van der Waals surface area contributed by atoms with Crippen LogP contribution in [0.1, 0.15) is 15.4 Å². The van der Waals surface area contributed by atoms with E-state index in [2.05, 4.69) is 4.98 Å². The maximum atomic E-state index is 11.1. The smallest absolute Gasteiger partial charge is 0.391 e. The third-order valence-electron chi connectivity index (χ3n) is 2.09. The first kappa shape index (κ1) is 9.86. The molecule has 15 heavy (non-hydrogen) atoms. The fraction of sp³-hybridized carbons (Fsp3) is 0.0909. The van der Waals surface area contributed by atoms with Gasteiger partial charge in [-0.2, -0.15) is 0 Å². The predicted molar refractivity (Wildman–Crippen MR) is 59.7 cm³/mol. The Hall–Kier alpha value is -1.68. The monoisotopic (exact) mass is 220 g/mol. The summed E-state index contributed by atoms with van der Waals surface area (Å²) in [5.74, 6) is -0.878. The van der Waals surface area contributed by atoms with E-state index in [0.717, 1.165) is 4.90 Å². The van der Waals surface area contributed by atoms with E-state index >= 15 is 0 Å². The Morgan fingerprint density at radius 1 is 1.33 bits per heavy atom. The summed E-state index contributed by atoms with van der Waals surface area (Å²) in [7, 11) is -0.500. The molecular formula is C11H10NO2S+. The van der Waals surface area contributed by atoms with Crippen molar-refractivity contribution in [1.29, 1.82) is 0 Å². The molecule has 0 saturated carbocycles. The molecule has 0 saturated heterocycles. The van der Waals surface area contributed by atoms with Gasteiger partial charge in [0.1, 0.15) is 5.69 Å². The maximum Gasteiger partial charge on any atom is 0.391 e. The normalized spacial score (nSPS) is 11.4. The summed E-state index contributed by atoms with van der Waals surface area (Å²) in [5, 5.41) is 9.08. The van der Waals surface area contributed by atoms with Gasteiger partial charge in [0.15, 0.2) is 4.90 Å². The van der Waals surface area contributed by atoms with Crippen LogP contribution in [0.2, 0.25) is 0 Å². The Labute approximate surface area is 90.0 Å².